The normalized spacial score (nSPS) is 10.9. The molecule has 0 unspecified atom stereocenters. The van der Waals surface area contributed by atoms with Gasteiger partial charge in [0.25, 0.3) is 6.43 Å². The number of aromatic nitrogens is 2. The maximum absolute atomic E-state index is 14.0. The van der Waals surface area contributed by atoms with E-state index in [0.717, 1.165) is 12.4 Å². The standard InChI is InChI=1S/C12H7BrClF3N2O/c1-20-8-2-5(7(15)3-6(8)13)10-9(14)11(12(16)17)19-4-18-10/h2-4,12H,1H3. The second kappa shape index (κ2) is 5.97. The maximum Gasteiger partial charge on any atom is 0.281 e. The highest BCUT2D eigenvalue weighted by molar-refractivity contribution is 9.10. The molecule has 2 rings (SSSR count). The van der Waals surface area contributed by atoms with E-state index in [1.165, 1.54) is 13.2 Å². The van der Waals surface area contributed by atoms with Gasteiger partial charge in [-0.15, -0.1) is 0 Å². The van der Waals surface area contributed by atoms with Crippen molar-refractivity contribution in [3.05, 3.63) is 39.5 Å². The lowest BCUT2D eigenvalue weighted by atomic mass is 10.1. The number of hydrogen-bond acceptors (Lipinski definition) is 3. The first-order chi connectivity index (χ1) is 9.45. The largest absolute Gasteiger partial charge is 0.496 e. The molecular formula is C12H7BrClF3N2O. The molecule has 0 N–H and O–H groups in total. The molecule has 0 spiro atoms. The van der Waals surface area contributed by atoms with Crippen molar-refractivity contribution in [2.24, 2.45) is 0 Å². The average Bonchev–Trinajstić information content (AvgIpc) is 2.39. The van der Waals surface area contributed by atoms with Crippen LogP contribution in [0.2, 0.25) is 5.02 Å². The molecule has 1 aromatic heterocycles. The number of alkyl halides is 2. The van der Waals surface area contributed by atoms with Crippen molar-refractivity contribution in [1.82, 2.24) is 9.97 Å². The van der Waals surface area contributed by atoms with Crippen LogP contribution in [-0.4, -0.2) is 17.1 Å². The first-order valence-corrected chi connectivity index (χ1v) is 6.44. The van der Waals surface area contributed by atoms with Gasteiger partial charge in [-0.25, -0.2) is 23.1 Å². The Morgan fingerprint density at radius 1 is 1.30 bits per heavy atom. The monoisotopic (exact) mass is 366 g/mol. The van der Waals surface area contributed by atoms with Crippen LogP contribution in [0.15, 0.2) is 22.9 Å². The summed E-state index contributed by atoms with van der Waals surface area (Å²) in [4.78, 5) is 7.17. The third-order valence-electron chi connectivity index (χ3n) is 2.52. The Labute approximate surface area is 125 Å². The van der Waals surface area contributed by atoms with Crippen molar-refractivity contribution in [3.8, 4) is 17.0 Å². The molecule has 3 nitrogen and oxygen atoms in total. The third kappa shape index (κ3) is 2.73. The number of rotatable bonds is 3. The Balaban J connectivity index is 2.66. The summed E-state index contributed by atoms with van der Waals surface area (Å²) in [6.45, 7) is 0. The number of methoxy groups -OCH3 is 1. The van der Waals surface area contributed by atoms with E-state index >= 15 is 0 Å². The van der Waals surface area contributed by atoms with Crippen LogP contribution in [0.5, 0.6) is 5.75 Å². The van der Waals surface area contributed by atoms with Gasteiger partial charge in [-0.3, -0.25) is 0 Å². The molecule has 1 heterocycles. The molecule has 0 atom stereocenters. The summed E-state index contributed by atoms with van der Waals surface area (Å²) in [6.07, 6.45) is -1.96. The van der Waals surface area contributed by atoms with Gasteiger partial charge in [0.2, 0.25) is 0 Å². The highest BCUT2D eigenvalue weighted by Gasteiger charge is 2.21. The van der Waals surface area contributed by atoms with Crippen LogP contribution < -0.4 is 4.74 Å². The molecule has 20 heavy (non-hydrogen) atoms. The van der Waals surface area contributed by atoms with E-state index in [4.69, 9.17) is 16.3 Å². The number of halogens is 5. The molecule has 106 valence electrons. The predicted molar refractivity (Wildman–Crippen MR) is 71.6 cm³/mol. The zero-order valence-corrected chi connectivity index (χ0v) is 12.3. The van der Waals surface area contributed by atoms with Crippen molar-refractivity contribution in [3.63, 3.8) is 0 Å². The Hall–Kier alpha value is -1.34. The van der Waals surface area contributed by atoms with Crippen LogP contribution in [0.25, 0.3) is 11.3 Å². The summed E-state index contributed by atoms with van der Waals surface area (Å²) in [6, 6.07) is 2.47. The Morgan fingerprint density at radius 2 is 2.00 bits per heavy atom. The van der Waals surface area contributed by atoms with Gasteiger partial charge in [0.1, 0.15) is 23.6 Å². The highest BCUT2D eigenvalue weighted by atomic mass is 79.9. The van der Waals surface area contributed by atoms with E-state index in [1.54, 1.807) is 0 Å². The average molecular weight is 368 g/mol. The molecule has 2 aromatic rings. The van der Waals surface area contributed by atoms with Gasteiger partial charge >= 0.3 is 0 Å². The molecule has 0 aliphatic rings. The summed E-state index contributed by atoms with van der Waals surface area (Å²) in [5, 5.41) is -0.384. The van der Waals surface area contributed by atoms with Crippen LogP contribution in [-0.2, 0) is 0 Å². The fourth-order valence-electron chi connectivity index (χ4n) is 1.59. The minimum atomic E-state index is -2.87. The van der Waals surface area contributed by atoms with Crippen molar-refractivity contribution in [2.75, 3.05) is 7.11 Å². The molecule has 0 radical (unpaired) electrons. The zero-order valence-electron chi connectivity index (χ0n) is 10.0. The number of ether oxygens (including phenoxy) is 1. The van der Waals surface area contributed by atoms with E-state index in [-0.39, 0.29) is 16.3 Å². The molecule has 0 amide bonds. The minimum Gasteiger partial charge on any atom is -0.496 e. The summed E-state index contributed by atoms with van der Waals surface area (Å²) >= 11 is 8.94. The lowest BCUT2D eigenvalue weighted by Gasteiger charge is -2.10. The maximum atomic E-state index is 14.0. The van der Waals surface area contributed by atoms with Crippen LogP contribution in [0.1, 0.15) is 12.1 Å². The van der Waals surface area contributed by atoms with Gasteiger partial charge in [0, 0.05) is 5.56 Å². The van der Waals surface area contributed by atoms with Crippen LogP contribution in [0.4, 0.5) is 13.2 Å². The second-order valence-electron chi connectivity index (χ2n) is 3.69. The van der Waals surface area contributed by atoms with E-state index in [2.05, 4.69) is 25.9 Å². The molecule has 0 aliphatic carbocycles. The minimum absolute atomic E-state index is 0.0423. The first-order valence-electron chi connectivity index (χ1n) is 5.27. The summed E-state index contributed by atoms with van der Waals surface area (Å²) < 4.78 is 44.9. The van der Waals surface area contributed by atoms with E-state index in [0.29, 0.717) is 10.2 Å². The number of hydrogen-bond donors (Lipinski definition) is 0. The third-order valence-corrected chi connectivity index (χ3v) is 3.51. The number of benzene rings is 1. The van der Waals surface area contributed by atoms with Crippen LogP contribution in [0.3, 0.4) is 0 Å². The molecule has 0 saturated carbocycles. The van der Waals surface area contributed by atoms with Gasteiger partial charge in [0.05, 0.1) is 22.3 Å². The van der Waals surface area contributed by atoms with Gasteiger partial charge in [0.15, 0.2) is 0 Å². The Kier molecular flexibility index (Phi) is 4.49. The van der Waals surface area contributed by atoms with Crippen molar-refractivity contribution >= 4 is 27.5 Å². The van der Waals surface area contributed by atoms with Crippen molar-refractivity contribution in [2.45, 2.75) is 6.43 Å². The molecule has 8 heteroatoms. The number of nitrogens with zero attached hydrogens (tertiary/aromatic N) is 2. The van der Waals surface area contributed by atoms with Crippen molar-refractivity contribution < 1.29 is 17.9 Å². The fourth-order valence-corrected chi connectivity index (χ4v) is 2.35. The lowest BCUT2D eigenvalue weighted by molar-refractivity contribution is 0.146. The predicted octanol–water partition coefficient (Wildman–Crippen LogP) is 4.64. The van der Waals surface area contributed by atoms with Gasteiger partial charge < -0.3 is 4.74 Å². The summed E-state index contributed by atoms with van der Waals surface area (Å²) in [7, 11) is 1.40. The summed E-state index contributed by atoms with van der Waals surface area (Å²) in [5.41, 5.74) is -0.794. The molecule has 0 aliphatic heterocycles. The lowest BCUT2D eigenvalue weighted by Crippen LogP contribution is -1.98. The van der Waals surface area contributed by atoms with Gasteiger partial charge in [-0.2, -0.15) is 0 Å². The SMILES string of the molecule is COc1cc(-c2ncnc(C(F)F)c2Cl)c(F)cc1Br. The topological polar surface area (TPSA) is 35.0 Å². The Morgan fingerprint density at radius 3 is 2.60 bits per heavy atom. The quantitative estimate of drug-likeness (QED) is 0.792. The molecule has 0 saturated heterocycles. The molecular weight excluding hydrogens is 360 g/mol. The molecule has 0 bridgehead atoms. The van der Waals surface area contributed by atoms with Crippen LogP contribution in [0, 0.1) is 5.82 Å². The molecule has 0 fully saturated rings. The van der Waals surface area contributed by atoms with Crippen LogP contribution >= 0.6 is 27.5 Å². The van der Waals surface area contributed by atoms with Gasteiger partial charge in [-0.1, -0.05) is 11.6 Å². The van der Waals surface area contributed by atoms with Crippen molar-refractivity contribution in [1.29, 1.82) is 0 Å². The fraction of sp³-hybridized carbons (Fsp3) is 0.167. The second-order valence-corrected chi connectivity index (χ2v) is 4.92. The van der Waals surface area contributed by atoms with E-state index < -0.39 is 17.9 Å². The van der Waals surface area contributed by atoms with E-state index in [9.17, 15) is 13.2 Å². The van der Waals surface area contributed by atoms with Gasteiger partial charge in [-0.05, 0) is 28.1 Å². The highest BCUT2D eigenvalue weighted by Crippen LogP contribution is 2.37. The zero-order chi connectivity index (χ0) is 14.9. The van der Waals surface area contributed by atoms with E-state index in [1.807, 2.05) is 0 Å². The Bertz CT molecular complexity index is 655. The summed E-state index contributed by atoms with van der Waals surface area (Å²) in [5.74, 6) is -0.340. The first kappa shape index (κ1) is 15.1. The smallest absolute Gasteiger partial charge is 0.281 e. The molecule has 1 aromatic carbocycles.